The smallest absolute Gasteiger partial charge is 0.305 e. The monoisotopic (exact) mass is 475 g/mol. The van der Waals surface area contributed by atoms with Gasteiger partial charge in [-0.15, -0.1) is 0 Å². The molecule has 1 N–H and O–H groups in total. The lowest BCUT2D eigenvalue weighted by Crippen LogP contribution is -2.25. The normalized spacial score (nSPS) is 11.8. The second-order valence-electron chi connectivity index (χ2n) is 9.32. The van der Waals surface area contributed by atoms with Gasteiger partial charge in [-0.25, -0.2) is 0 Å². The predicted octanol–water partition coefficient (Wildman–Crippen LogP) is 7.86. The molecule has 0 aromatic heterocycles. The number of ether oxygens (including phenoxy) is 3. The van der Waals surface area contributed by atoms with Crippen molar-refractivity contribution in [2.24, 2.45) is 5.92 Å². The summed E-state index contributed by atoms with van der Waals surface area (Å²) in [5.74, 6) is 0.0924. The summed E-state index contributed by atoms with van der Waals surface area (Å²) in [6.07, 6.45) is 15.2. The molecule has 0 amide bonds. The van der Waals surface area contributed by atoms with Crippen LogP contribution in [0.3, 0.4) is 0 Å². The van der Waals surface area contributed by atoms with E-state index in [0.29, 0.717) is 38.6 Å². The highest BCUT2D eigenvalue weighted by atomic mass is 16.5. The molecule has 0 heterocycles. The number of rotatable bonds is 22. The molecular weight excluding hydrogens is 426 g/mol. The van der Waals surface area contributed by atoms with Crippen LogP contribution in [-0.4, -0.2) is 31.7 Å². The van der Waals surface area contributed by atoms with Crippen molar-refractivity contribution < 1.29 is 19.0 Å². The predicted molar refractivity (Wildman–Crippen MR) is 140 cm³/mol. The molecule has 1 rings (SSSR count). The van der Waals surface area contributed by atoms with E-state index >= 15 is 0 Å². The highest BCUT2D eigenvalue weighted by Crippen LogP contribution is 2.11. The first-order valence-electron chi connectivity index (χ1n) is 13.6. The minimum atomic E-state index is -0.147. The van der Waals surface area contributed by atoms with E-state index in [0.717, 1.165) is 31.2 Å². The minimum Gasteiger partial charge on any atom is -0.481 e. The van der Waals surface area contributed by atoms with Crippen LogP contribution in [0.5, 0.6) is 0 Å². The van der Waals surface area contributed by atoms with Crippen molar-refractivity contribution in [3.05, 3.63) is 35.9 Å². The summed E-state index contributed by atoms with van der Waals surface area (Å²) >= 11 is 0. The van der Waals surface area contributed by atoms with E-state index in [1.165, 1.54) is 51.4 Å². The third-order valence-electron chi connectivity index (χ3n) is 5.93. The molecule has 0 aliphatic carbocycles. The zero-order valence-electron chi connectivity index (χ0n) is 21.8. The number of nitrogens with one attached hydrogen (secondary N) is 1. The summed E-state index contributed by atoms with van der Waals surface area (Å²) in [7, 11) is 0. The lowest BCUT2D eigenvalue weighted by atomic mass is 10.1. The number of hydrogen-bond acceptors (Lipinski definition) is 5. The Balaban J connectivity index is 2.32. The van der Waals surface area contributed by atoms with Crippen LogP contribution in [0.1, 0.15) is 109 Å². The van der Waals surface area contributed by atoms with E-state index in [4.69, 9.17) is 19.6 Å². The van der Waals surface area contributed by atoms with E-state index < -0.39 is 0 Å². The summed E-state index contributed by atoms with van der Waals surface area (Å²) in [6, 6.07) is 10.0. The Kier molecular flexibility index (Phi) is 19.2. The van der Waals surface area contributed by atoms with Gasteiger partial charge in [0.25, 0.3) is 0 Å². The second-order valence-corrected chi connectivity index (χ2v) is 9.32. The molecule has 0 radical (unpaired) electrons. The summed E-state index contributed by atoms with van der Waals surface area (Å²) in [5, 5.41) is 8.12. The Morgan fingerprint density at radius 3 is 1.94 bits per heavy atom. The van der Waals surface area contributed by atoms with Crippen LogP contribution in [0.25, 0.3) is 0 Å². The van der Waals surface area contributed by atoms with E-state index in [-0.39, 0.29) is 18.5 Å². The fraction of sp³-hybridized carbons (Fsp3) is 0.724. The van der Waals surface area contributed by atoms with Crippen molar-refractivity contribution in [3.8, 4) is 0 Å². The lowest BCUT2D eigenvalue weighted by Gasteiger charge is -2.18. The average molecular weight is 476 g/mol. The third kappa shape index (κ3) is 17.6. The van der Waals surface area contributed by atoms with Gasteiger partial charge in [0.05, 0.1) is 32.3 Å². The van der Waals surface area contributed by atoms with E-state index in [1.54, 1.807) is 0 Å². The molecule has 5 nitrogen and oxygen atoms in total. The molecule has 34 heavy (non-hydrogen) atoms. The first-order valence-corrected chi connectivity index (χ1v) is 13.6. The zero-order chi connectivity index (χ0) is 24.7. The fourth-order valence-corrected chi connectivity index (χ4v) is 3.75. The molecule has 0 spiro atoms. The Morgan fingerprint density at radius 1 is 0.735 bits per heavy atom. The molecule has 1 atom stereocenters. The van der Waals surface area contributed by atoms with Crippen LogP contribution in [0.2, 0.25) is 0 Å². The topological polar surface area (TPSA) is 68.6 Å². The Hall–Kier alpha value is -1.88. The summed E-state index contributed by atoms with van der Waals surface area (Å²) in [5.41, 5.74) is 1.11. The van der Waals surface area contributed by atoms with Gasteiger partial charge in [0.15, 0.2) is 5.90 Å². The van der Waals surface area contributed by atoms with Crippen molar-refractivity contribution in [2.45, 2.75) is 110 Å². The first-order chi connectivity index (χ1) is 16.7. The molecule has 0 bridgehead atoms. The molecule has 0 saturated carbocycles. The van der Waals surface area contributed by atoms with E-state index in [1.807, 2.05) is 30.3 Å². The molecule has 0 aliphatic rings. The first kappa shape index (κ1) is 30.2. The highest BCUT2D eigenvalue weighted by molar-refractivity contribution is 5.72. The van der Waals surface area contributed by atoms with Crippen LogP contribution in [-0.2, 0) is 25.6 Å². The van der Waals surface area contributed by atoms with E-state index in [9.17, 15) is 4.79 Å². The number of unbranched alkanes of at least 4 members (excludes halogenated alkanes) is 10. The maximum atomic E-state index is 12.2. The second kappa shape index (κ2) is 21.6. The lowest BCUT2D eigenvalue weighted by molar-refractivity contribution is -0.146. The average Bonchev–Trinajstić information content (AvgIpc) is 2.85. The van der Waals surface area contributed by atoms with Gasteiger partial charge >= 0.3 is 5.97 Å². The van der Waals surface area contributed by atoms with Gasteiger partial charge in [-0.3, -0.25) is 10.2 Å². The molecule has 1 aromatic rings. The quantitative estimate of drug-likeness (QED) is 0.0802. The van der Waals surface area contributed by atoms with Crippen LogP contribution in [0.15, 0.2) is 30.3 Å². The zero-order valence-corrected chi connectivity index (χ0v) is 21.8. The van der Waals surface area contributed by atoms with Crippen LogP contribution in [0, 0.1) is 11.3 Å². The number of carbonyl (C=O) groups excluding carboxylic acids is 1. The van der Waals surface area contributed by atoms with Crippen molar-refractivity contribution in [3.63, 3.8) is 0 Å². The van der Waals surface area contributed by atoms with Gasteiger partial charge in [0, 0.05) is 12.8 Å². The van der Waals surface area contributed by atoms with E-state index in [2.05, 4.69) is 13.8 Å². The van der Waals surface area contributed by atoms with Crippen LogP contribution < -0.4 is 0 Å². The number of carbonyl (C=O) groups is 1. The van der Waals surface area contributed by atoms with Gasteiger partial charge in [0.2, 0.25) is 0 Å². The van der Waals surface area contributed by atoms with Crippen molar-refractivity contribution >= 4 is 11.9 Å². The van der Waals surface area contributed by atoms with Crippen molar-refractivity contribution in [2.75, 3.05) is 19.8 Å². The Labute approximate surface area is 208 Å². The Bertz CT molecular complexity index is 588. The number of hydrogen-bond donors (Lipinski definition) is 1. The molecule has 0 aliphatic heterocycles. The van der Waals surface area contributed by atoms with Crippen molar-refractivity contribution in [1.82, 2.24) is 0 Å². The third-order valence-corrected chi connectivity index (χ3v) is 5.93. The SMILES string of the molecule is CCCCCCCCC(=N)OCC(COCc1ccccc1)COC(=O)CCCCCCCC. The van der Waals surface area contributed by atoms with Crippen LogP contribution in [0.4, 0.5) is 0 Å². The highest BCUT2D eigenvalue weighted by Gasteiger charge is 2.15. The number of benzene rings is 1. The summed E-state index contributed by atoms with van der Waals surface area (Å²) < 4.78 is 17.1. The molecule has 5 heteroatoms. The molecule has 194 valence electrons. The number of esters is 1. The molecule has 0 saturated heterocycles. The Morgan fingerprint density at radius 2 is 1.29 bits per heavy atom. The summed E-state index contributed by atoms with van der Waals surface area (Å²) in [4.78, 5) is 12.2. The van der Waals surface area contributed by atoms with Gasteiger partial charge in [-0.05, 0) is 18.4 Å². The van der Waals surface area contributed by atoms with Gasteiger partial charge in [-0.1, -0.05) is 108 Å². The van der Waals surface area contributed by atoms with Gasteiger partial charge in [-0.2, -0.15) is 0 Å². The minimum absolute atomic E-state index is 0.0814. The van der Waals surface area contributed by atoms with Crippen molar-refractivity contribution in [1.29, 1.82) is 5.41 Å². The maximum absolute atomic E-state index is 12.2. The standard InChI is InChI=1S/C29H49NO4/c1-3-5-7-9-11-16-20-28(30)33-24-27(23-32-22-26-18-14-13-15-19-26)25-34-29(31)21-17-12-10-8-6-4-2/h13-15,18-19,27,30H,3-12,16-17,20-25H2,1-2H3. The largest absolute Gasteiger partial charge is 0.481 e. The van der Waals surface area contributed by atoms with Crippen LogP contribution >= 0.6 is 0 Å². The maximum Gasteiger partial charge on any atom is 0.305 e. The summed E-state index contributed by atoms with van der Waals surface area (Å²) in [6.45, 7) is 5.98. The molecule has 1 aromatic carbocycles. The molecule has 1 unspecified atom stereocenters. The fourth-order valence-electron chi connectivity index (χ4n) is 3.75. The molecule has 0 fully saturated rings. The molecular formula is C29H49NO4. The van der Waals surface area contributed by atoms with Gasteiger partial charge < -0.3 is 14.2 Å². The van der Waals surface area contributed by atoms with Gasteiger partial charge in [0.1, 0.15) is 0 Å².